The number of methoxy groups -OCH3 is 6. The van der Waals surface area contributed by atoms with E-state index in [4.69, 9.17) is 92.7 Å². The molecule has 1 aromatic rings. The summed E-state index contributed by atoms with van der Waals surface area (Å²) in [5, 5.41) is 9.82. The molecule has 9 fully saturated rings. The molecular weight excluding hydrogens is 1590 g/mol. The van der Waals surface area contributed by atoms with Gasteiger partial charge in [0, 0.05) is 103 Å². The number of likely N-dealkylation sites (N-methyl/N-ethyl adjacent to an activating group) is 2. The van der Waals surface area contributed by atoms with Gasteiger partial charge in [0.2, 0.25) is 6.19 Å². The van der Waals surface area contributed by atoms with Crippen molar-refractivity contribution in [1.29, 1.82) is 5.26 Å². The van der Waals surface area contributed by atoms with E-state index in [-0.39, 0.29) is 194 Å². The number of ether oxygens (including phenoxy) is 16. The number of cyclic esters (lactones) is 2. The Balaban J connectivity index is 0.000000187. The maximum absolute atomic E-state index is 14.7. The highest BCUT2D eigenvalue weighted by Gasteiger charge is 2.57. The highest BCUT2D eigenvalue weighted by molar-refractivity contribution is 8.14. The number of aromatic nitrogens is 1. The number of ketones is 2. The molecule has 28 heteroatoms. The number of Topliss-reactive ketones (excluding diaryl/α,β-unsaturated/α-hetero) is 2. The first-order valence-corrected chi connectivity index (χ1v) is 46.5. The van der Waals surface area contributed by atoms with Crippen LogP contribution in [0, 0.1) is 82.5 Å². The summed E-state index contributed by atoms with van der Waals surface area (Å²) in [7, 11) is 18.3. The molecule has 34 atom stereocenters. The lowest BCUT2D eigenvalue weighted by Crippen LogP contribution is -2.59. The predicted octanol–water partition coefficient (Wildman–Crippen LogP) is 13.5. The van der Waals surface area contributed by atoms with Gasteiger partial charge < -0.3 is 90.5 Å². The lowest BCUT2D eigenvalue weighted by atomic mass is 9.67. The number of fused-ring (bicyclic) bond motifs is 10. The standard InChI is InChI=1S/C42H67NO10.C41H65NO10.C10H9ClN4S/c1-11-26-13-12-14-35(53-37-16-15-34(43(6)7)24(4)49-37)23(3)38(45)33-20-31-29(32(33)21-36(44)51-26)17-22(2)28-18-27(19-30(28)31)52-42-41(48-10)40(47-9)39(46-8)25(5)50-42;1-10-26-12-11-13-34(52-36-17-16-33(42(5)6)23(3)48-36)22(2)37(44)32-20-30-28(31(32)21-35(43)50-26)15-14-25-18-27(19-29(25)30)51-41-40(47-9)39(46-8)38(45-7)24(4)49-41;11-9-2-1-8(5-13-9)6-15-3-4-16-10(15)14-7-12/h17,20,23-32,34-35,37,39-42H,11-16,18-19,21H2,1-10H3;14-15,20,22-31,33-34,36,38-41H,10-13,16-19,21H2,1-9H3;1-2,5H,3-4,6H2/t23-,24-,25+,26+,27-,28+,29-,30-,31-,32+,34+,35+,37+,39+,40-,41-,42+;22-,23-,24+,25-,26+,27-,28-,29-,30-,31+,33+,34+,36+,38+,39-,40-,41+;/m11./s1. The zero-order valence-electron chi connectivity index (χ0n) is 75.2. The van der Waals surface area contributed by atoms with Crippen LogP contribution in [0.4, 0.5) is 0 Å². The van der Waals surface area contributed by atoms with E-state index in [2.05, 4.69) is 118 Å². The monoisotopic (exact) mass is 1730 g/mol. The van der Waals surface area contributed by atoms with Crippen molar-refractivity contribution in [3.8, 4) is 6.19 Å². The summed E-state index contributed by atoms with van der Waals surface area (Å²) in [6.07, 6.45) is 23.0. The number of carbonyl (C=O) groups excluding carboxylic acids is 4. The maximum Gasteiger partial charge on any atom is 0.306 e. The fourth-order valence-corrected chi connectivity index (χ4v) is 23.7. The Morgan fingerprint density at radius 1 is 0.554 bits per heavy atom. The Hall–Kier alpha value is -4.65. The van der Waals surface area contributed by atoms with Gasteiger partial charge in [0.1, 0.15) is 54.0 Å². The van der Waals surface area contributed by atoms with Crippen LogP contribution in [0.25, 0.3) is 0 Å². The summed E-state index contributed by atoms with van der Waals surface area (Å²) < 4.78 is 99.3. The van der Waals surface area contributed by atoms with E-state index in [0.29, 0.717) is 41.9 Å². The largest absolute Gasteiger partial charge is 0.462 e. The first kappa shape index (κ1) is 95.5. The number of allylic oxidation sites excluding steroid dienone is 8. The van der Waals surface area contributed by atoms with Gasteiger partial charge in [-0.25, -0.2) is 4.98 Å². The molecule has 0 radical (unpaired) electrons. The lowest BCUT2D eigenvalue weighted by molar-refractivity contribution is -0.314. The Morgan fingerprint density at radius 3 is 1.50 bits per heavy atom. The van der Waals surface area contributed by atoms with Crippen molar-refractivity contribution in [3.63, 3.8) is 0 Å². The number of hydrogen-bond donors (Lipinski definition) is 0. The summed E-state index contributed by atoms with van der Waals surface area (Å²) in [4.78, 5) is 70.8. The average Bonchev–Trinajstić information content (AvgIpc) is 1.59. The number of amidine groups is 1. The maximum atomic E-state index is 14.7. The van der Waals surface area contributed by atoms with Crippen LogP contribution in [0.3, 0.4) is 0 Å². The molecule has 0 spiro atoms. The van der Waals surface area contributed by atoms with Crippen molar-refractivity contribution in [2.45, 2.75) is 319 Å². The molecular formula is C93H141ClN6O20S. The molecule has 0 amide bonds. The van der Waals surface area contributed by atoms with E-state index in [1.165, 1.54) is 5.57 Å². The van der Waals surface area contributed by atoms with Crippen LogP contribution >= 0.6 is 23.4 Å². The van der Waals surface area contributed by atoms with Crippen molar-refractivity contribution < 1.29 is 95.0 Å². The van der Waals surface area contributed by atoms with Gasteiger partial charge in [-0.1, -0.05) is 93.1 Å². The topological polar surface area (TPSA) is 275 Å². The third kappa shape index (κ3) is 22.4. The Morgan fingerprint density at radius 2 is 1.04 bits per heavy atom. The number of esters is 2. The predicted molar refractivity (Wildman–Crippen MR) is 458 cm³/mol. The molecule has 8 heterocycles. The minimum absolute atomic E-state index is 0.0364. The van der Waals surface area contributed by atoms with Crippen LogP contribution in [0.2, 0.25) is 5.15 Å². The van der Waals surface area contributed by atoms with E-state index in [9.17, 15) is 19.2 Å². The third-order valence-corrected chi connectivity index (χ3v) is 30.3. The van der Waals surface area contributed by atoms with Gasteiger partial charge in [0.05, 0.1) is 61.7 Å². The molecule has 0 bridgehead atoms. The molecule has 0 unspecified atom stereocenters. The fraction of sp³-hybridized carbons (Fsp3) is 0.796. The second kappa shape index (κ2) is 43.9. The van der Waals surface area contributed by atoms with Gasteiger partial charge in [0.15, 0.2) is 41.9 Å². The van der Waals surface area contributed by atoms with Gasteiger partial charge in [-0.15, -0.1) is 4.99 Å². The van der Waals surface area contributed by atoms with E-state index in [1.54, 1.807) is 66.7 Å². The first-order chi connectivity index (χ1) is 58.1. The Kier molecular flexibility index (Phi) is 34.6. The zero-order chi connectivity index (χ0) is 86.8. The minimum atomic E-state index is -0.598. The number of nitriles is 1. The van der Waals surface area contributed by atoms with E-state index >= 15 is 0 Å². The number of hydrogen-bond acceptors (Lipinski definition) is 26. The van der Waals surface area contributed by atoms with Crippen LogP contribution in [0.15, 0.2) is 70.4 Å². The van der Waals surface area contributed by atoms with E-state index in [0.717, 1.165) is 131 Å². The zero-order valence-corrected chi connectivity index (χ0v) is 76.8. The smallest absolute Gasteiger partial charge is 0.306 e. The molecule has 26 nitrogen and oxygen atoms in total. The number of thioether (sulfide) groups is 1. The van der Waals surface area contributed by atoms with Gasteiger partial charge >= 0.3 is 11.9 Å². The van der Waals surface area contributed by atoms with Gasteiger partial charge in [0.25, 0.3) is 0 Å². The number of pyridine rings is 1. The van der Waals surface area contributed by atoms with Crippen molar-refractivity contribution in [2.24, 2.45) is 76.0 Å². The van der Waals surface area contributed by atoms with E-state index in [1.807, 2.05) is 40.0 Å². The second-order valence-corrected chi connectivity index (χ2v) is 38.2. The molecule has 2 saturated carbocycles. The SMILES string of the molecule is CC[C@H]1CCC[C@H](O[C@H]2CC[C@H](N(C)C)[C@@H](C)O2)[C@@H](C)C(=O)C2=C[C@@H]3[C@@H](C=C(C)[C@@H]4C[C@@H](O[C@@H]5O[C@@H](C)[C@H](OC)[C@@H](OC)[C@H]5OC)C[C@@H]34)[C@@H]2CC(=O)O1.CC[C@H]1CCC[C@H](O[C@H]2CC[C@H](N(C)C)[C@@H](C)O2)[C@@H](C)C(=O)C2=C[C@@H]3[C@@H](C=C[C@@H]4C[C@@H](O[C@@H]5O[C@@H](C)[C@H](OC)[C@@H](OC)[C@H]5OC)C[C@@H]34)[C@@H]2CC(=O)O1.N#CN=C1SCCN1Cc1ccc(Cl)nc1. The molecule has 7 saturated heterocycles. The summed E-state index contributed by atoms with van der Waals surface area (Å²) >= 11 is 7.32. The number of halogens is 1. The highest BCUT2D eigenvalue weighted by atomic mass is 35.5. The normalized spacial score (nSPS) is 41.8. The molecule has 14 rings (SSSR count). The molecule has 1 aromatic heterocycles. The minimum Gasteiger partial charge on any atom is -0.462 e. The quantitative estimate of drug-likeness (QED) is 0.0507. The number of nitrogens with zero attached hydrogens (tertiary/aromatic N) is 6. The third-order valence-electron chi connectivity index (χ3n) is 29.1. The number of aliphatic imine (C=N–C) groups is 1. The van der Waals surface area contributed by atoms with Crippen molar-refractivity contribution in [3.05, 3.63) is 76.1 Å². The summed E-state index contributed by atoms with van der Waals surface area (Å²) in [6, 6.07) is 4.37. The van der Waals surface area contributed by atoms with Crippen molar-refractivity contribution in [2.75, 3.05) is 83.1 Å². The van der Waals surface area contributed by atoms with E-state index < -0.39 is 24.8 Å². The Bertz CT molecular complexity index is 3790. The fourth-order valence-electron chi connectivity index (χ4n) is 22.6. The van der Waals surface area contributed by atoms with Crippen LogP contribution in [0.1, 0.15) is 183 Å². The number of carbonyl (C=O) groups is 4. The highest BCUT2D eigenvalue weighted by Crippen LogP contribution is 2.58. The molecule has 676 valence electrons. The summed E-state index contributed by atoms with van der Waals surface area (Å²) in [6.45, 7) is 20.2. The van der Waals surface area contributed by atoms with Crippen molar-refractivity contribution >= 4 is 52.0 Å². The van der Waals surface area contributed by atoms with Gasteiger partial charge in [-0.05, 0) is 236 Å². The van der Waals surface area contributed by atoms with Gasteiger partial charge in [-0.3, -0.25) is 19.2 Å². The van der Waals surface area contributed by atoms with Crippen LogP contribution in [-0.4, -0.2) is 266 Å². The second-order valence-electron chi connectivity index (χ2n) is 36.7. The number of rotatable bonds is 20. The first-order valence-electron chi connectivity index (χ1n) is 45.1. The molecule has 0 aromatic carbocycles. The van der Waals surface area contributed by atoms with Crippen molar-refractivity contribution in [1.82, 2.24) is 19.7 Å². The molecule has 121 heavy (non-hydrogen) atoms. The summed E-state index contributed by atoms with van der Waals surface area (Å²) in [5.41, 5.74) is 3.90. The lowest BCUT2D eigenvalue weighted by Gasteiger charge is -2.44. The molecule has 0 N–H and O–H groups in total. The molecule has 13 aliphatic rings. The average molecular weight is 1730 g/mol. The van der Waals surface area contributed by atoms with Crippen LogP contribution < -0.4 is 0 Å². The molecule has 6 aliphatic carbocycles. The Labute approximate surface area is 728 Å². The van der Waals surface area contributed by atoms with Gasteiger partial charge in [-0.2, -0.15) is 5.26 Å². The van der Waals surface area contributed by atoms with Crippen LogP contribution in [0.5, 0.6) is 0 Å². The van der Waals surface area contributed by atoms with Crippen LogP contribution in [-0.2, 0) is 102 Å². The summed E-state index contributed by atoms with van der Waals surface area (Å²) in [5.74, 6) is 1.00. The molecule has 7 aliphatic heterocycles.